The lowest BCUT2D eigenvalue weighted by Crippen LogP contribution is -2.24. The van der Waals surface area contributed by atoms with E-state index in [9.17, 15) is 14.4 Å². The monoisotopic (exact) mass is 1030 g/mol. The van der Waals surface area contributed by atoms with Gasteiger partial charge in [-0.25, -0.2) is 4.98 Å². The van der Waals surface area contributed by atoms with Gasteiger partial charge in [0.15, 0.2) is 17.5 Å². The van der Waals surface area contributed by atoms with Gasteiger partial charge in [-0.2, -0.15) is 15.3 Å². The first-order chi connectivity index (χ1) is 36.2. The van der Waals surface area contributed by atoms with E-state index < -0.39 is 17.8 Å². The Kier molecular flexibility index (Phi) is 12.7. The van der Waals surface area contributed by atoms with Gasteiger partial charge < -0.3 is 20.4 Å². The Balaban J connectivity index is 0.634. The number of halogens is 1. The molecule has 2 bridgehead atoms. The standard InChI is InChI=1S/C58H64ClN13O3/c1-28-15-37-18-34(19-45(60-37)31(4)56(73)63-52-23-48(66-69-52)35-13-14-35)9-7-11-38(28)40-21-42(40)49-24-53(70-67-49)64-57(74)32(5)46-20-36-10-8-12-39(29(2)16-47(36)61-46)41-22-43(41)50-25-54(71-68-50)65-58(75)33(6)51-27-72-26-44(59)30(3)17-55(72)62-51/h11-12,15-17,19-20,23-27,31-36,40-43H,7-10,13-14,18,21-22H2,1-6H3,(H2,63,66,69,73)(H2,64,67,70,74)(H2,65,68,71,75)/b28-15+,29-16-,38-11+,39-12+/t31-,32?,33+,34?,36?,40?,41?,42?,43?/m0/s1. The normalized spacial score (nSPS) is 28.1. The van der Waals surface area contributed by atoms with Crippen molar-refractivity contribution in [2.45, 2.75) is 123 Å². The molecule has 3 amide bonds. The van der Waals surface area contributed by atoms with Crippen LogP contribution in [0.2, 0.25) is 5.02 Å². The van der Waals surface area contributed by atoms with Gasteiger partial charge in [0.25, 0.3) is 0 Å². The van der Waals surface area contributed by atoms with Crippen molar-refractivity contribution in [3.63, 3.8) is 0 Å². The van der Waals surface area contributed by atoms with Crippen molar-refractivity contribution in [2.24, 2.45) is 45.5 Å². The fourth-order valence-corrected chi connectivity index (χ4v) is 11.8. The average molecular weight is 1030 g/mol. The number of aryl methyl sites for hydroxylation is 1. The number of pyridine rings is 1. The topological polar surface area (TPSA) is 215 Å². The fourth-order valence-electron chi connectivity index (χ4n) is 11.6. The predicted octanol–water partition coefficient (Wildman–Crippen LogP) is 11.5. The molecule has 17 heteroatoms. The summed E-state index contributed by atoms with van der Waals surface area (Å²) in [5.74, 6) is 2.03. The number of carbonyl (C=O) groups excluding carboxylic acids is 3. The van der Waals surface area contributed by atoms with E-state index >= 15 is 0 Å². The minimum absolute atomic E-state index is 0.0991. The van der Waals surface area contributed by atoms with Crippen molar-refractivity contribution in [2.75, 3.05) is 16.0 Å². The van der Waals surface area contributed by atoms with Crippen LogP contribution in [-0.4, -0.2) is 69.1 Å². The number of aromatic amines is 3. The van der Waals surface area contributed by atoms with Crippen LogP contribution in [0.25, 0.3) is 5.65 Å². The van der Waals surface area contributed by atoms with Crippen LogP contribution in [0.5, 0.6) is 0 Å². The summed E-state index contributed by atoms with van der Waals surface area (Å²) >= 11 is 6.32. The van der Waals surface area contributed by atoms with Crippen LogP contribution < -0.4 is 16.0 Å². The zero-order valence-electron chi connectivity index (χ0n) is 43.3. The van der Waals surface area contributed by atoms with E-state index in [4.69, 9.17) is 21.6 Å². The number of hydrogen-bond donors (Lipinski definition) is 6. The van der Waals surface area contributed by atoms with Gasteiger partial charge in [-0.15, -0.1) is 0 Å². The third-order valence-electron chi connectivity index (χ3n) is 16.6. The summed E-state index contributed by atoms with van der Waals surface area (Å²) in [5.41, 5.74) is 14.1. The number of anilines is 3. The molecule has 7 aliphatic rings. The summed E-state index contributed by atoms with van der Waals surface area (Å²) in [6.45, 7) is 11.9. The van der Waals surface area contributed by atoms with Gasteiger partial charge in [0, 0.05) is 94.2 Å². The van der Waals surface area contributed by atoms with E-state index in [1.54, 1.807) is 0 Å². The van der Waals surface area contributed by atoms with Gasteiger partial charge in [0.2, 0.25) is 17.7 Å². The van der Waals surface area contributed by atoms with Crippen LogP contribution in [0, 0.1) is 42.4 Å². The Labute approximate surface area is 441 Å². The lowest BCUT2D eigenvalue weighted by molar-refractivity contribution is -0.119. The molecular formula is C58H64ClN13O3. The zero-order valence-corrected chi connectivity index (χ0v) is 44.1. The molecular weight excluding hydrogens is 962 g/mol. The van der Waals surface area contributed by atoms with Crippen LogP contribution in [0.3, 0.4) is 0 Å². The van der Waals surface area contributed by atoms with Crippen molar-refractivity contribution in [1.82, 2.24) is 40.0 Å². The Morgan fingerprint density at radius 3 is 1.84 bits per heavy atom. The highest BCUT2D eigenvalue weighted by molar-refractivity contribution is 6.31. The number of hydrogen-bond acceptors (Lipinski definition) is 9. The van der Waals surface area contributed by atoms with Crippen molar-refractivity contribution >= 4 is 63.8 Å². The second kappa shape index (κ2) is 19.5. The van der Waals surface area contributed by atoms with Gasteiger partial charge in [-0.05, 0) is 163 Å². The lowest BCUT2D eigenvalue weighted by atomic mass is 9.89. The van der Waals surface area contributed by atoms with Crippen LogP contribution in [0.15, 0.2) is 117 Å². The minimum Gasteiger partial charge on any atom is -0.309 e. The number of amides is 3. The number of nitrogens with one attached hydrogen (secondary N) is 6. The van der Waals surface area contributed by atoms with E-state index in [0.717, 1.165) is 96.1 Å². The summed E-state index contributed by atoms with van der Waals surface area (Å²) in [7, 11) is 0. The molecule has 0 radical (unpaired) electrons. The van der Waals surface area contributed by atoms with Crippen LogP contribution in [-0.2, 0) is 14.4 Å². The molecule has 7 unspecified atom stereocenters. The number of allylic oxidation sites excluding steroid dienone is 10. The maximum absolute atomic E-state index is 13.8. The highest BCUT2D eigenvalue weighted by Crippen LogP contribution is 2.55. The molecule has 386 valence electrons. The molecule has 12 rings (SSSR count). The van der Waals surface area contributed by atoms with E-state index in [2.05, 4.69) is 102 Å². The molecule has 0 aromatic carbocycles. The van der Waals surface area contributed by atoms with E-state index in [1.165, 1.54) is 35.1 Å². The molecule has 16 nitrogen and oxygen atoms in total. The number of carbonyl (C=O) groups is 3. The van der Waals surface area contributed by atoms with E-state index in [0.29, 0.717) is 51.8 Å². The van der Waals surface area contributed by atoms with Gasteiger partial charge in [0.05, 0.1) is 28.5 Å². The Morgan fingerprint density at radius 2 is 1.21 bits per heavy atom. The summed E-state index contributed by atoms with van der Waals surface area (Å²) in [4.78, 5) is 55.2. The van der Waals surface area contributed by atoms with Crippen molar-refractivity contribution in [3.8, 4) is 0 Å². The van der Waals surface area contributed by atoms with Crippen molar-refractivity contribution in [1.29, 1.82) is 0 Å². The number of nitrogens with zero attached hydrogens (tertiary/aromatic N) is 7. The van der Waals surface area contributed by atoms with Crippen molar-refractivity contribution in [3.05, 3.63) is 140 Å². The molecule has 5 aromatic heterocycles. The SMILES string of the molecule is CC1=C/C2=NC(C(C)C(=O)Nc3cc(C4CC4C4=C/CCC5C=C([C@H](C)C(=O)Nc6cc(C7CC7)[nH]n6)N=C(\C=C\4C)C5)[nH]n3)=CC2CC/C=C\1C1CC1c1cc(NC(=O)[C@H](C)c2cn3cc(Cl)c(C)cc3n2)n[nH]1. The summed E-state index contributed by atoms with van der Waals surface area (Å²) in [6, 6.07) is 7.79. The predicted molar refractivity (Wildman–Crippen MR) is 292 cm³/mol. The minimum atomic E-state index is -0.487. The molecule has 3 saturated carbocycles. The number of aliphatic imine (C=N–C) groups is 2. The zero-order chi connectivity index (χ0) is 51.8. The van der Waals surface area contributed by atoms with E-state index in [1.807, 2.05) is 68.8 Å². The number of rotatable bonds is 14. The van der Waals surface area contributed by atoms with Crippen LogP contribution in [0.4, 0.5) is 17.5 Å². The first-order valence-electron chi connectivity index (χ1n) is 26.8. The number of imidazole rings is 1. The van der Waals surface area contributed by atoms with Crippen LogP contribution in [0.1, 0.15) is 144 Å². The van der Waals surface area contributed by atoms with E-state index in [-0.39, 0.29) is 35.5 Å². The first kappa shape index (κ1) is 48.7. The molecule has 5 aromatic rings. The van der Waals surface area contributed by atoms with Gasteiger partial charge in [0.1, 0.15) is 5.65 Å². The van der Waals surface area contributed by atoms with Gasteiger partial charge in [-0.1, -0.05) is 35.9 Å². The average Bonchev–Trinajstić information content (AvgIpc) is 4.31. The number of aromatic nitrogens is 8. The molecule has 2 aliphatic heterocycles. The van der Waals surface area contributed by atoms with Crippen molar-refractivity contribution < 1.29 is 14.4 Å². The molecule has 0 saturated heterocycles. The lowest BCUT2D eigenvalue weighted by Gasteiger charge is -2.22. The second-order valence-corrected chi connectivity index (χ2v) is 22.6. The molecule has 75 heavy (non-hydrogen) atoms. The summed E-state index contributed by atoms with van der Waals surface area (Å²) in [6.07, 6.45) is 26.1. The molecule has 9 atom stereocenters. The Bertz CT molecular complexity index is 3380. The molecule has 0 spiro atoms. The smallest absolute Gasteiger partial charge is 0.234 e. The fraction of sp³-hybridized carbons (Fsp3) is 0.431. The highest BCUT2D eigenvalue weighted by atomic mass is 35.5. The molecule has 5 aliphatic carbocycles. The van der Waals surface area contributed by atoms with Crippen LogP contribution >= 0.6 is 11.6 Å². The number of H-pyrrole nitrogens is 3. The third kappa shape index (κ3) is 10.1. The molecule has 7 heterocycles. The summed E-state index contributed by atoms with van der Waals surface area (Å²) in [5, 5.41) is 32.5. The maximum Gasteiger partial charge on any atom is 0.234 e. The second-order valence-electron chi connectivity index (χ2n) is 22.2. The quantitative estimate of drug-likeness (QED) is 0.0632. The Morgan fingerprint density at radius 1 is 0.653 bits per heavy atom. The first-order valence-corrected chi connectivity index (χ1v) is 27.2. The highest BCUT2D eigenvalue weighted by Gasteiger charge is 2.44. The number of fused-ring (bicyclic) bond motifs is 4. The molecule has 3 fully saturated rings. The Hall–Kier alpha value is -7.20. The molecule has 6 N–H and O–H groups in total. The van der Waals surface area contributed by atoms with Gasteiger partial charge in [-0.3, -0.25) is 39.7 Å². The van der Waals surface area contributed by atoms with Gasteiger partial charge >= 0.3 is 0 Å². The third-order valence-corrected chi connectivity index (χ3v) is 17.0. The maximum atomic E-state index is 13.8. The summed E-state index contributed by atoms with van der Waals surface area (Å²) < 4.78 is 1.84. The largest absolute Gasteiger partial charge is 0.309 e.